The maximum absolute atomic E-state index is 12.1. The van der Waals surface area contributed by atoms with E-state index in [-0.39, 0.29) is 11.9 Å². The fourth-order valence-corrected chi connectivity index (χ4v) is 3.09. The molecule has 0 N–H and O–H groups in total. The molecule has 3 rings (SSSR count). The van der Waals surface area contributed by atoms with Gasteiger partial charge in [-0.3, -0.25) is 19.7 Å². The summed E-state index contributed by atoms with van der Waals surface area (Å²) >= 11 is 0. The summed E-state index contributed by atoms with van der Waals surface area (Å²) in [4.78, 5) is 29.3. The van der Waals surface area contributed by atoms with Crippen molar-refractivity contribution in [1.82, 2.24) is 29.9 Å². The third kappa shape index (κ3) is 4.39. The van der Waals surface area contributed by atoms with Crippen molar-refractivity contribution in [2.24, 2.45) is 0 Å². The third-order valence-corrected chi connectivity index (χ3v) is 4.44. The third-order valence-electron chi connectivity index (χ3n) is 4.44. The van der Waals surface area contributed by atoms with Gasteiger partial charge in [-0.25, -0.2) is 0 Å². The summed E-state index contributed by atoms with van der Waals surface area (Å²) in [6.07, 6.45) is 5.22. The molecular weight excluding hydrogens is 320 g/mol. The van der Waals surface area contributed by atoms with E-state index in [0.29, 0.717) is 24.7 Å². The zero-order valence-electron chi connectivity index (χ0n) is 15.0. The first kappa shape index (κ1) is 17.5. The van der Waals surface area contributed by atoms with Gasteiger partial charge in [-0.15, -0.1) is 0 Å². The van der Waals surface area contributed by atoms with Crippen molar-refractivity contribution in [1.29, 1.82) is 0 Å². The van der Waals surface area contributed by atoms with Crippen molar-refractivity contribution in [3.8, 4) is 0 Å². The minimum Gasteiger partial charge on any atom is -0.339 e. The zero-order chi connectivity index (χ0) is 17.8. The first-order valence-corrected chi connectivity index (χ1v) is 8.63. The Balaban J connectivity index is 1.61. The first-order chi connectivity index (χ1) is 12.0. The van der Waals surface area contributed by atoms with E-state index in [4.69, 9.17) is 4.52 Å². The average molecular weight is 344 g/mol. The molecule has 0 saturated carbocycles. The molecule has 0 spiro atoms. The molecule has 1 atom stereocenters. The summed E-state index contributed by atoms with van der Waals surface area (Å²) in [5.41, 5.74) is 1.86. The summed E-state index contributed by atoms with van der Waals surface area (Å²) in [5, 5.41) is 3.96. The van der Waals surface area contributed by atoms with Gasteiger partial charge in [-0.05, 0) is 13.3 Å². The lowest BCUT2D eigenvalue weighted by Gasteiger charge is -2.27. The number of likely N-dealkylation sites (tertiary alicyclic amines) is 1. The highest BCUT2D eigenvalue weighted by molar-refractivity contribution is 5.73. The van der Waals surface area contributed by atoms with Crippen molar-refractivity contribution < 1.29 is 9.32 Å². The highest BCUT2D eigenvalue weighted by atomic mass is 16.5. The molecule has 1 fully saturated rings. The molecule has 0 unspecified atom stereocenters. The molecule has 0 aliphatic carbocycles. The Hall–Kier alpha value is -2.35. The van der Waals surface area contributed by atoms with Crippen molar-refractivity contribution in [2.45, 2.75) is 52.7 Å². The lowest BCUT2D eigenvalue weighted by atomic mass is 10.2. The molecule has 1 aliphatic rings. The van der Waals surface area contributed by atoms with Gasteiger partial charge in [0.25, 0.3) is 0 Å². The molecule has 2 aromatic rings. The Morgan fingerprint density at radius 2 is 2.24 bits per heavy atom. The second-order valence-electron chi connectivity index (χ2n) is 6.43. The van der Waals surface area contributed by atoms with E-state index in [2.05, 4.69) is 25.0 Å². The molecule has 1 saturated heterocycles. The van der Waals surface area contributed by atoms with E-state index in [1.807, 2.05) is 24.9 Å². The Kier molecular flexibility index (Phi) is 5.37. The van der Waals surface area contributed by atoms with Crippen LogP contribution in [0.3, 0.4) is 0 Å². The summed E-state index contributed by atoms with van der Waals surface area (Å²) < 4.78 is 5.14. The van der Waals surface area contributed by atoms with Crippen LogP contribution in [0.2, 0.25) is 0 Å². The van der Waals surface area contributed by atoms with Crippen LogP contribution in [0, 0.1) is 6.92 Å². The Bertz CT molecular complexity index is 714. The topological polar surface area (TPSA) is 88.3 Å². The van der Waals surface area contributed by atoms with Gasteiger partial charge in [0.1, 0.15) is 0 Å². The van der Waals surface area contributed by atoms with Gasteiger partial charge in [0.2, 0.25) is 11.8 Å². The molecular formula is C17H24N6O2. The van der Waals surface area contributed by atoms with Gasteiger partial charge in [-0.1, -0.05) is 12.1 Å². The Morgan fingerprint density at radius 1 is 1.40 bits per heavy atom. The van der Waals surface area contributed by atoms with E-state index < -0.39 is 0 Å². The molecule has 8 heteroatoms. The summed E-state index contributed by atoms with van der Waals surface area (Å²) in [5.74, 6) is 1.20. The monoisotopic (exact) mass is 344 g/mol. The van der Waals surface area contributed by atoms with Crippen LogP contribution < -0.4 is 0 Å². The number of hydrogen-bond acceptors (Lipinski definition) is 7. The van der Waals surface area contributed by atoms with Crippen LogP contribution in [-0.2, 0) is 24.3 Å². The quantitative estimate of drug-likeness (QED) is 0.781. The van der Waals surface area contributed by atoms with E-state index >= 15 is 0 Å². The van der Waals surface area contributed by atoms with Gasteiger partial charge >= 0.3 is 0 Å². The van der Waals surface area contributed by atoms with E-state index in [0.717, 1.165) is 37.4 Å². The number of aromatic nitrogens is 4. The highest BCUT2D eigenvalue weighted by Gasteiger charge is 2.30. The maximum Gasteiger partial charge on any atom is 0.226 e. The van der Waals surface area contributed by atoms with Crippen LogP contribution >= 0.6 is 0 Å². The molecule has 2 aromatic heterocycles. The van der Waals surface area contributed by atoms with E-state index in [9.17, 15) is 4.79 Å². The zero-order valence-corrected chi connectivity index (χ0v) is 15.0. The van der Waals surface area contributed by atoms with Gasteiger partial charge in [0, 0.05) is 51.4 Å². The maximum atomic E-state index is 12.1. The molecule has 0 radical (unpaired) electrons. The molecule has 8 nitrogen and oxygen atoms in total. The average Bonchev–Trinajstić information content (AvgIpc) is 3.23. The minimum absolute atomic E-state index is 0.0322. The van der Waals surface area contributed by atoms with Crippen LogP contribution in [0.1, 0.15) is 43.4 Å². The standard InChI is InChI=1S/C17H24N6O2/c1-4-17-20-16(21-25-17)11-23(13(3)24)15-5-6-22(10-15)9-14-8-18-12(2)7-19-14/h7-8,15H,4-6,9-11H2,1-3H3/t15-/m0/s1. The van der Waals surface area contributed by atoms with Crippen molar-refractivity contribution in [2.75, 3.05) is 13.1 Å². The Labute approximate surface area is 147 Å². The molecule has 0 bridgehead atoms. The lowest BCUT2D eigenvalue weighted by molar-refractivity contribution is -0.131. The molecule has 1 aliphatic heterocycles. The van der Waals surface area contributed by atoms with Gasteiger partial charge < -0.3 is 9.42 Å². The summed E-state index contributed by atoms with van der Waals surface area (Å²) in [6, 6.07) is 0.152. The number of aryl methyl sites for hydroxylation is 2. The van der Waals surface area contributed by atoms with Gasteiger partial charge in [0.05, 0.1) is 17.9 Å². The SMILES string of the molecule is CCc1nc(CN(C(C)=O)[C@H]2CCN(Cc3cnc(C)cn3)C2)no1. The molecule has 3 heterocycles. The number of rotatable bonds is 6. The Morgan fingerprint density at radius 3 is 2.88 bits per heavy atom. The number of carbonyl (C=O) groups excluding carboxylic acids is 1. The fraction of sp³-hybridized carbons (Fsp3) is 0.588. The summed E-state index contributed by atoms with van der Waals surface area (Å²) in [6.45, 7) is 8.36. The van der Waals surface area contributed by atoms with Gasteiger partial charge in [0.15, 0.2) is 5.82 Å². The predicted molar refractivity (Wildman–Crippen MR) is 90.4 cm³/mol. The van der Waals surface area contributed by atoms with Crippen molar-refractivity contribution >= 4 is 5.91 Å². The summed E-state index contributed by atoms with van der Waals surface area (Å²) in [7, 11) is 0. The smallest absolute Gasteiger partial charge is 0.226 e. The van der Waals surface area contributed by atoms with E-state index in [1.54, 1.807) is 13.1 Å². The van der Waals surface area contributed by atoms with Crippen LogP contribution in [0.4, 0.5) is 0 Å². The molecule has 25 heavy (non-hydrogen) atoms. The van der Waals surface area contributed by atoms with Gasteiger partial charge in [-0.2, -0.15) is 4.98 Å². The van der Waals surface area contributed by atoms with Crippen LogP contribution in [0.15, 0.2) is 16.9 Å². The first-order valence-electron chi connectivity index (χ1n) is 8.63. The van der Waals surface area contributed by atoms with Crippen LogP contribution in [0.25, 0.3) is 0 Å². The molecule has 1 amide bonds. The van der Waals surface area contributed by atoms with E-state index in [1.165, 1.54) is 0 Å². The van der Waals surface area contributed by atoms with Crippen molar-refractivity contribution in [3.63, 3.8) is 0 Å². The number of amides is 1. The van der Waals surface area contributed by atoms with Crippen LogP contribution in [0.5, 0.6) is 0 Å². The highest BCUT2D eigenvalue weighted by Crippen LogP contribution is 2.19. The number of hydrogen-bond donors (Lipinski definition) is 0. The van der Waals surface area contributed by atoms with Crippen molar-refractivity contribution in [3.05, 3.63) is 35.5 Å². The fourth-order valence-electron chi connectivity index (χ4n) is 3.09. The second kappa shape index (κ2) is 7.69. The largest absolute Gasteiger partial charge is 0.339 e. The number of carbonyl (C=O) groups is 1. The minimum atomic E-state index is 0.0322. The second-order valence-corrected chi connectivity index (χ2v) is 6.43. The number of nitrogens with zero attached hydrogens (tertiary/aromatic N) is 6. The molecule has 0 aromatic carbocycles. The predicted octanol–water partition coefficient (Wildman–Crippen LogP) is 1.35. The molecule has 134 valence electrons. The normalized spacial score (nSPS) is 17.8. The van der Waals surface area contributed by atoms with Crippen LogP contribution in [-0.4, -0.2) is 54.9 Å². The lowest BCUT2D eigenvalue weighted by Crippen LogP contribution is -2.40.